The highest BCUT2D eigenvalue weighted by Gasteiger charge is 2.16. The number of nitrogens with one attached hydrogen (secondary N) is 2. The summed E-state index contributed by atoms with van der Waals surface area (Å²) >= 11 is 1.66. The van der Waals surface area contributed by atoms with Crippen molar-refractivity contribution in [2.75, 3.05) is 23.8 Å². The maximum atomic E-state index is 12.2. The fourth-order valence-electron chi connectivity index (χ4n) is 3.47. The lowest BCUT2D eigenvalue weighted by Crippen LogP contribution is -2.19. The molecule has 1 aliphatic heterocycles. The van der Waals surface area contributed by atoms with Crippen LogP contribution < -0.4 is 10.6 Å². The predicted molar refractivity (Wildman–Crippen MR) is 125 cm³/mol. The minimum Gasteiger partial charge on any atom is -0.377 e. The van der Waals surface area contributed by atoms with Crippen molar-refractivity contribution < 1.29 is 9.53 Å². The number of ether oxygens (including phenoxy) is 1. The number of benzene rings is 2. The second-order valence-electron chi connectivity index (χ2n) is 7.11. The molecule has 2 aromatic heterocycles. The summed E-state index contributed by atoms with van der Waals surface area (Å²) in [6.07, 6.45) is 2.95. The van der Waals surface area contributed by atoms with E-state index in [9.17, 15) is 4.79 Å². The number of fused-ring (bicyclic) bond motifs is 1. The summed E-state index contributed by atoms with van der Waals surface area (Å²) in [4.78, 5) is 21.8. The van der Waals surface area contributed by atoms with Gasteiger partial charge in [-0.15, -0.1) is 11.3 Å². The number of nitrogens with zero attached hydrogens (tertiary/aromatic N) is 2. The highest BCUT2D eigenvalue weighted by molar-refractivity contribution is 7.17. The monoisotopic (exact) mass is 428 g/mol. The van der Waals surface area contributed by atoms with Crippen LogP contribution in [0.1, 0.15) is 12.1 Å². The molecule has 0 bridgehead atoms. The zero-order chi connectivity index (χ0) is 21.0. The number of carbonyl (C=O) groups excluding carboxylic acids is 1. The van der Waals surface area contributed by atoms with Gasteiger partial charge < -0.3 is 15.4 Å². The highest BCUT2D eigenvalue weighted by atomic mass is 32.1. The molecule has 0 fully saturated rings. The van der Waals surface area contributed by atoms with Crippen molar-refractivity contribution in [3.63, 3.8) is 0 Å². The second-order valence-corrected chi connectivity index (χ2v) is 8.02. The van der Waals surface area contributed by atoms with Crippen molar-refractivity contribution in [2.45, 2.75) is 6.42 Å². The molecule has 0 radical (unpaired) electrons. The number of urea groups is 1. The minimum atomic E-state index is -0.288. The summed E-state index contributed by atoms with van der Waals surface area (Å²) in [5.74, 6) is 0.675. The molecule has 3 heterocycles. The first-order valence-electron chi connectivity index (χ1n) is 10.0. The number of rotatable bonds is 4. The molecule has 0 unspecified atom stereocenters. The van der Waals surface area contributed by atoms with E-state index in [0.717, 1.165) is 33.6 Å². The molecular weight excluding hydrogens is 408 g/mol. The van der Waals surface area contributed by atoms with E-state index < -0.39 is 0 Å². The largest absolute Gasteiger partial charge is 0.377 e. The quantitative estimate of drug-likeness (QED) is 0.430. The molecule has 154 valence electrons. The molecule has 7 heteroatoms. The van der Waals surface area contributed by atoms with E-state index >= 15 is 0 Å². The Morgan fingerprint density at radius 3 is 2.45 bits per heavy atom. The lowest BCUT2D eigenvalue weighted by molar-refractivity contribution is 0.161. The maximum Gasteiger partial charge on any atom is 0.323 e. The van der Waals surface area contributed by atoms with Gasteiger partial charge in [-0.05, 0) is 59.8 Å². The normalized spacial score (nSPS) is 13.6. The molecule has 0 atom stereocenters. The van der Waals surface area contributed by atoms with Gasteiger partial charge in [0.2, 0.25) is 0 Å². The Balaban J connectivity index is 1.38. The van der Waals surface area contributed by atoms with Crippen LogP contribution in [0.3, 0.4) is 0 Å². The van der Waals surface area contributed by atoms with Crippen molar-refractivity contribution in [1.82, 2.24) is 9.97 Å². The topological polar surface area (TPSA) is 76.1 Å². The Morgan fingerprint density at radius 2 is 1.71 bits per heavy atom. The number of hydrogen-bond acceptors (Lipinski definition) is 5. The Hall–Kier alpha value is -3.55. The van der Waals surface area contributed by atoms with Gasteiger partial charge in [0.05, 0.1) is 29.1 Å². The van der Waals surface area contributed by atoms with E-state index in [2.05, 4.69) is 16.7 Å². The van der Waals surface area contributed by atoms with Gasteiger partial charge in [0.15, 0.2) is 5.82 Å². The van der Waals surface area contributed by atoms with Gasteiger partial charge in [-0.25, -0.2) is 14.8 Å². The predicted octanol–water partition coefficient (Wildman–Crippen LogP) is 5.81. The Bertz CT molecular complexity index is 1250. The average molecular weight is 429 g/mol. The van der Waals surface area contributed by atoms with Crippen LogP contribution in [-0.4, -0.2) is 29.2 Å². The number of para-hydroxylation sites is 1. The van der Waals surface area contributed by atoms with Gasteiger partial charge in [0, 0.05) is 16.9 Å². The average Bonchev–Trinajstić information content (AvgIpc) is 3.29. The summed E-state index contributed by atoms with van der Waals surface area (Å²) < 4.78 is 6.56. The fraction of sp³-hybridized carbons (Fsp3) is 0.125. The van der Waals surface area contributed by atoms with Crippen LogP contribution in [0.5, 0.6) is 0 Å². The van der Waals surface area contributed by atoms with Crippen LogP contribution in [0.4, 0.5) is 16.2 Å². The molecule has 5 rings (SSSR count). The first-order valence-corrected chi connectivity index (χ1v) is 10.9. The number of amides is 2. The second kappa shape index (κ2) is 8.67. The van der Waals surface area contributed by atoms with E-state index in [-0.39, 0.29) is 6.03 Å². The van der Waals surface area contributed by atoms with Crippen molar-refractivity contribution >= 4 is 44.5 Å². The molecule has 2 aromatic carbocycles. The van der Waals surface area contributed by atoms with Gasteiger partial charge >= 0.3 is 6.03 Å². The smallest absolute Gasteiger partial charge is 0.323 e. The van der Waals surface area contributed by atoms with E-state index in [1.54, 1.807) is 11.3 Å². The molecule has 0 saturated carbocycles. The fourth-order valence-corrected chi connectivity index (χ4v) is 4.33. The lowest BCUT2D eigenvalue weighted by atomic mass is 10.1. The van der Waals surface area contributed by atoms with Gasteiger partial charge in [-0.1, -0.05) is 24.3 Å². The number of carbonyl (C=O) groups is 1. The zero-order valence-electron chi connectivity index (χ0n) is 16.7. The summed E-state index contributed by atoms with van der Waals surface area (Å²) in [6.45, 7) is 1.33. The van der Waals surface area contributed by atoms with Crippen LogP contribution >= 0.6 is 11.3 Å². The van der Waals surface area contributed by atoms with Crippen molar-refractivity contribution in [3.05, 3.63) is 77.8 Å². The molecule has 0 aliphatic carbocycles. The zero-order valence-corrected chi connectivity index (χ0v) is 17.5. The SMILES string of the molecule is O=C(Nc1ccccc1)Nc1ccc(-c2nc(C3=CCOCC3)c3sccc3n2)cc1. The Labute approximate surface area is 183 Å². The molecule has 0 saturated heterocycles. The third-order valence-electron chi connectivity index (χ3n) is 5.00. The van der Waals surface area contributed by atoms with Crippen molar-refractivity contribution in [2.24, 2.45) is 0 Å². The van der Waals surface area contributed by atoms with Gasteiger partial charge in [-0.2, -0.15) is 0 Å². The van der Waals surface area contributed by atoms with Crippen LogP contribution in [0.2, 0.25) is 0 Å². The number of aromatic nitrogens is 2. The Morgan fingerprint density at radius 1 is 0.935 bits per heavy atom. The van der Waals surface area contributed by atoms with E-state index in [1.165, 1.54) is 5.57 Å². The first kappa shape index (κ1) is 19.4. The van der Waals surface area contributed by atoms with Crippen LogP contribution in [0.15, 0.2) is 72.1 Å². The van der Waals surface area contributed by atoms with E-state index in [1.807, 2.05) is 66.0 Å². The van der Waals surface area contributed by atoms with Crippen molar-refractivity contribution in [1.29, 1.82) is 0 Å². The molecule has 0 spiro atoms. The standard InChI is InChI=1S/C24H20N4O2S/c29-24(25-18-4-2-1-3-5-18)26-19-8-6-17(7-9-19)23-27-20-12-15-31-22(20)21(28-23)16-10-13-30-14-11-16/h1-10,12,15H,11,13-14H2,(H2,25,26,29). The summed E-state index contributed by atoms with van der Waals surface area (Å²) in [7, 11) is 0. The molecule has 1 aliphatic rings. The van der Waals surface area contributed by atoms with E-state index in [0.29, 0.717) is 24.7 Å². The molecule has 6 nitrogen and oxygen atoms in total. The van der Waals surface area contributed by atoms with Crippen LogP contribution in [0, 0.1) is 0 Å². The Kier molecular flexibility index (Phi) is 5.43. The van der Waals surface area contributed by atoms with Gasteiger partial charge in [-0.3, -0.25) is 0 Å². The number of hydrogen-bond donors (Lipinski definition) is 2. The van der Waals surface area contributed by atoms with Crippen molar-refractivity contribution in [3.8, 4) is 11.4 Å². The van der Waals surface area contributed by atoms with Crippen LogP contribution in [0.25, 0.3) is 27.2 Å². The minimum absolute atomic E-state index is 0.288. The molecule has 2 N–H and O–H groups in total. The number of thiophene rings is 1. The number of anilines is 2. The first-order chi connectivity index (χ1) is 15.3. The summed E-state index contributed by atoms with van der Waals surface area (Å²) in [6, 6.07) is 18.6. The summed E-state index contributed by atoms with van der Waals surface area (Å²) in [5, 5.41) is 7.70. The third kappa shape index (κ3) is 4.33. The molecule has 2 amide bonds. The van der Waals surface area contributed by atoms with E-state index in [4.69, 9.17) is 14.7 Å². The van der Waals surface area contributed by atoms with Crippen LogP contribution in [-0.2, 0) is 4.74 Å². The third-order valence-corrected chi connectivity index (χ3v) is 5.91. The maximum absolute atomic E-state index is 12.2. The van der Waals surface area contributed by atoms with Gasteiger partial charge in [0.1, 0.15) is 0 Å². The molecular formula is C24H20N4O2S. The highest BCUT2D eigenvalue weighted by Crippen LogP contribution is 2.32. The molecule has 4 aromatic rings. The lowest BCUT2D eigenvalue weighted by Gasteiger charge is -2.14. The summed E-state index contributed by atoms with van der Waals surface area (Å²) in [5.41, 5.74) is 5.48. The molecule has 31 heavy (non-hydrogen) atoms. The van der Waals surface area contributed by atoms with Gasteiger partial charge in [0.25, 0.3) is 0 Å².